The third-order valence-electron chi connectivity index (χ3n) is 6.36. The van der Waals surface area contributed by atoms with Crippen LogP contribution in [0.15, 0.2) is 54.7 Å². The van der Waals surface area contributed by atoms with Crippen LogP contribution in [-0.4, -0.2) is 47.1 Å². The van der Waals surface area contributed by atoms with E-state index in [1.165, 1.54) is 18.4 Å². The quantitative estimate of drug-likeness (QED) is 0.598. The zero-order valence-electron chi connectivity index (χ0n) is 18.9. The molecule has 1 saturated carbocycles. The van der Waals surface area contributed by atoms with Crippen molar-refractivity contribution in [2.24, 2.45) is 5.73 Å². The topological polar surface area (TPSA) is 111 Å². The third-order valence-corrected chi connectivity index (χ3v) is 6.36. The maximum Gasteiger partial charge on any atom is 0.314 e. The maximum atomic E-state index is 11.6. The van der Waals surface area contributed by atoms with E-state index in [4.69, 9.17) is 10.7 Å². The lowest BCUT2D eigenvalue weighted by atomic mass is 10.1. The first-order valence-corrected chi connectivity index (χ1v) is 11.6. The number of nitrogens with zero attached hydrogens (tertiary/aromatic N) is 5. The van der Waals surface area contributed by atoms with E-state index in [-0.39, 0.29) is 6.03 Å². The van der Waals surface area contributed by atoms with Gasteiger partial charge in [0.25, 0.3) is 0 Å². The van der Waals surface area contributed by atoms with Gasteiger partial charge in [-0.3, -0.25) is 0 Å². The predicted molar refractivity (Wildman–Crippen MR) is 132 cm³/mol. The first-order chi connectivity index (χ1) is 16.6. The molecule has 0 radical (unpaired) electrons. The lowest BCUT2D eigenvalue weighted by Gasteiger charge is -2.23. The summed E-state index contributed by atoms with van der Waals surface area (Å²) in [6, 6.07) is 17.9. The van der Waals surface area contributed by atoms with Crippen LogP contribution in [0.5, 0.6) is 0 Å². The van der Waals surface area contributed by atoms with Gasteiger partial charge in [0.05, 0.1) is 17.3 Å². The number of amides is 2. The minimum atomic E-state index is -0.355. The van der Waals surface area contributed by atoms with Gasteiger partial charge < -0.3 is 20.9 Å². The van der Waals surface area contributed by atoms with Crippen molar-refractivity contribution < 1.29 is 4.79 Å². The number of hydrogen-bond acceptors (Lipinski definition) is 6. The van der Waals surface area contributed by atoms with Crippen molar-refractivity contribution in [3.05, 3.63) is 65.9 Å². The average Bonchev–Trinajstić information content (AvgIpc) is 3.71. The molecule has 2 aliphatic rings. The molecule has 34 heavy (non-hydrogen) atoms. The number of nitrogens with one attached hydrogen (secondary N) is 1. The Balaban J connectivity index is 1.43. The van der Waals surface area contributed by atoms with Gasteiger partial charge in [-0.05, 0) is 67.1 Å². The molecule has 2 aromatic heterocycles. The van der Waals surface area contributed by atoms with Crippen LogP contribution in [0.4, 0.5) is 22.1 Å². The fourth-order valence-electron chi connectivity index (χ4n) is 4.37. The second-order valence-corrected chi connectivity index (χ2v) is 8.83. The normalized spacial score (nSPS) is 16.0. The number of aromatic nitrogens is 2. The molecular formula is C26H27N7O. The molecule has 3 heterocycles. The summed E-state index contributed by atoms with van der Waals surface area (Å²) in [7, 11) is 0. The number of carbonyl (C=O) groups is 1. The molecule has 3 aromatic rings. The Kier molecular flexibility index (Phi) is 6.00. The number of benzene rings is 1. The Morgan fingerprint density at radius 3 is 2.74 bits per heavy atom. The molecule has 8 nitrogen and oxygen atoms in total. The van der Waals surface area contributed by atoms with Crippen molar-refractivity contribution in [1.29, 1.82) is 5.26 Å². The van der Waals surface area contributed by atoms with Crippen LogP contribution in [0.25, 0.3) is 11.3 Å². The van der Waals surface area contributed by atoms with Crippen LogP contribution in [0.3, 0.4) is 0 Å². The first-order valence-electron chi connectivity index (χ1n) is 11.6. The summed E-state index contributed by atoms with van der Waals surface area (Å²) >= 11 is 0. The number of anilines is 3. The highest BCUT2D eigenvalue weighted by Crippen LogP contribution is 2.42. The Labute approximate surface area is 199 Å². The highest BCUT2D eigenvalue weighted by Gasteiger charge is 2.25. The van der Waals surface area contributed by atoms with Gasteiger partial charge in [0.1, 0.15) is 11.6 Å². The van der Waals surface area contributed by atoms with Crippen molar-refractivity contribution >= 4 is 23.4 Å². The standard InChI is InChI=1S/C26H27N7O/c27-17-18-7-8-29-24(13-18)31-25-16-21(19-5-6-19)15-23(30-25)20-3-1-4-22(14-20)32-9-2-10-33(12-11-32)26(28)34/h1,3-4,7-8,13-16,19H,2,5-6,9-12H2,(H2,28,34)(H,29,30,31). The Hall–Kier alpha value is -4.12. The second-order valence-electron chi connectivity index (χ2n) is 8.83. The summed E-state index contributed by atoms with van der Waals surface area (Å²) < 4.78 is 0. The van der Waals surface area contributed by atoms with Crippen LogP contribution in [0.2, 0.25) is 0 Å². The molecule has 3 N–H and O–H groups in total. The molecular weight excluding hydrogens is 426 g/mol. The van der Waals surface area contributed by atoms with Gasteiger partial charge in [-0.2, -0.15) is 5.26 Å². The zero-order valence-corrected chi connectivity index (χ0v) is 18.9. The number of pyridine rings is 2. The number of rotatable bonds is 5. The Bertz CT molecular complexity index is 1250. The van der Waals surface area contributed by atoms with Gasteiger partial charge >= 0.3 is 6.03 Å². The van der Waals surface area contributed by atoms with E-state index in [1.54, 1.807) is 23.2 Å². The van der Waals surface area contributed by atoms with Gasteiger partial charge in [-0.1, -0.05) is 12.1 Å². The predicted octanol–water partition coefficient (Wildman–Crippen LogP) is 4.23. The number of urea groups is 1. The van der Waals surface area contributed by atoms with Gasteiger partial charge in [-0.15, -0.1) is 0 Å². The number of primary amides is 1. The molecule has 1 aromatic carbocycles. The molecule has 1 aliphatic carbocycles. The van der Waals surface area contributed by atoms with Crippen molar-refractivity contribution in [1.82, 2.24) is 14.9 Å². The molecule has 2 amide bonds. The zero-order chi connectivity index (χ0) is 23.5. The number of carbonyl (C=O) groups excluding carboxylic acids is 1. The van der Waals surface area contributed by atoms with Crippen molar-refractivity contribution in [3.63, 3.8) is 0 Å². The van der Waals surface area contributed by atoms with Gasteiger partial charge in [0.15, 0.2) is 0 Å². The van der Waals surface area contributed by atoms with Gasteiger partial charge in [0, 0.05) is 43.6 Å². The fraction of sp³-hybridized carbons (Fsp3) is 0.308. The molecule has 0 atom stereocenters. The second kappa shape index (κ2) is 9.40. The average molecular weight is 454 g/mol. The monoisotopic (exact) mass is 453 g/mol. The van der Waals surface area contributed by atoms with Gasteiger partial charge in [-0.25, -0.2) is 14.8 Å². The van der Waals surface area contributed by atoms with E-state index < -0.39 is 0 Å². The minimum Gasteiger partial charge on any atom is -0.370 e. The number of nitriles is 1. The Morgan fingerprint density at radius 1 is 1.06 bits per heavy atom. The minimum absolute atomic E-state index is 0.355. The van der Waals surface area contributed by atoms with Crippen LogP contribution < -0.4 is 16.0 Å². The summed E-state index contributed by atoms with van der Waals surface area (Å²) in [6.07, 6.45) is 4.88. The largest absolute Gasteiger partial charge is 0.370 e. The van der Waals surface area contributed by atoms with Crippen LogP contribution in [-0.2, 0) is 0 Å². The van der Waals surface area contributed by atoms with Crippen molar-refractivity contribution in [3.8, 4) is 17.3 Å². The molecule has 0 spiro atoms. The molecule has 8 heteroatoms. The van der Waals surface area contributed by atoms with E-state index in [0.29, 0.717) is 30.4 Å². The van der Waals surface area contributed by atoms with Crippen LogP contribution in [0.1, 0.15) is 36.3 Å². The Morgan fingerprint density at radius 2 is 1.94 bits per heavy atom. The number of hydrogen-bond donors (Lipinski definition) is 2. The van der Waals surface area contributed by atoms with E-state index in [1.807, 2.05) is 0 Å². The van der Waals surface area contributed by atoms with Crippen LogP contribution in [0, 0.1) is 11.3 Å². The van der Waals surface area contributed by atoms with E-state index in [2.05, 4.69) is 57.7 Å². The molecule has 5 rings (SSSR count). The summed E-state index contributed by atoms with van der Waals surface area (Å²) in [4.78, 5) is 24.8. The van der Waals surface area contributed by atoms with Gasteiger partial charge in [0.2, 0.25) is 0 Å². The summed E-state index contributed by atoms with van der Waals surface area (Å²) in [6.45, 7) is 2.93. The summed E-state index contributed by atoms with van der Waals surface area (Å²) in [5.74, 6) is 1.89. The van der Waals surface area contributed by atoms with E-state index in [0.717, 1.165) is 42.3 Å². The van der Waals surface area contributed by atoms with E-state index in [9.17, 15) is 10.1 Å². The molecule has 0 unspecified atom stereocenters. The number of nitrogens with two attached hydrogens (primary N) is 1. The van der Waals surface area contributed by atoms with Crippen LogP contribution >= 0.6 is 0 Å². The fourth-order valence-corrected chi connectivity index (χ4v) is 4.37. The SMILES string of the molecule is N#Cc1ccnc(Nc2cc(C3CC3)cc(-c3cccc(N4CCCN(C(N)=O)CC4)c3)n2)c1. The smallest absolute Gasteiger partial charge is 0.314 e. The first kappa shape index (κ1) is 21.7. The highest BCUT2D eigenvalue weighted by atomic mass is 16.2. The lowest BCUT2D eigenvalue weighted by molar-refractivity contribution is 0.211. The molecule has 1 saturated heterocycles. The highest BCUT2D eigenvalue weighted by molar-refractivity contribution is 5.72. The third kappa shape index (κ3) is 4.94. The molecule has 172 valence electrons. The summed E-state index contributed by atoms with van der Waals surface area (Å²) in [5, 5.41) is 12.5. The molecule has 2 fully saturated rings. The van der Waals surface area contributed by atoms with Crippen molar-refractivity contribution in [2.75, 3.05) is 36.4 Å². The molecule has 1 aliphatic heterocycles. The molecule has 0 bridgehead atoms. The lowest BCUT2D eigenvalue weighted by Crippen LogP contribution is -2.38. The van der Waals surface area contributed by atoms with Crippen molar-refractivity contribution in [2.45, 2.75) is 25.2 Å². The van der Waals surface area contributed by atoms with E-state index >= 15 is 0 Å². The maximum absolute atomic E-state index is 11.6. The summed E-state index contributed by atoms with van der Waals surface area (Å²) in [5.41, 5.74) is 10.4.